The van der Waals surface area contributed by atoms with Gasteiger partial charge in [0.25, 0.3) is 5.91 Å². The number of likely N-dealkylation sites (tertiary alicyclic amines) is 1. The van der Waals surface area contributed by atoms with Gasteiger partial charge in [0.05, 0.1) is 13.1 Å². The van der Waals surface area contributed by atoms with E-state index in [2.05, 4.69) is 98.6 Å². The van der Waals surface area contributed by atoms with Crippen molar-refractivity contribution < 1.29 is 47.9 Å². The van der Waals surface area contributed by atoms with Crippen LogP contribution in [0.5, 0.6) is 0 Å². The molecule has 1 saturated carbocycles. The van der Waals surface area contributed by atoms with Gasteiger partial charge in [-0.2, -0.15) is 0 Å². The zero-order valence-corrected chi connectivity index (χ0v) is 53.1. The van der Waals surface area contributed by atoms with Crippen molar-refractivity contribution in [2.24, 2.45) is 23.7 Å². The smallest absolute Gasteiger partial charge is 0.254 e. The van der Waals surface area contributed by atoms with Crippen LogP contribution in [0.3, 0.4) is 0 Å². The van der Waals surface area contributed by atoms with Gasteiger partial charge in [-0.3, -0.25) is 47.9 Å². The molecule has 4 unspecified atom stereocenters. The fourth-order valence-corrected chi connectivity index (χ4v) is 8.72. The topological polar surface area (TPSA) is 285 Å². The summed E-state index contributed by atoms with van der Waals surface area (Å²) < 4.78 is 0. The van der Waals surface area contributed by atoms with E-state index in [1.165, 1.54) is 46.4 Å². The number of carbonyl (C=O) groups excluding carboxylic acids is 10. The van der Waals surface area contributed by atoms with Crippen molar-refractivity contribution in [3.63, 3.8) is 0 Å². The summed E-state index contributed by atoms with van der Waals surface area (Å²) in [6.45, 7) is 25.8. The highest BCUT2D eigenvalue weighted by atomic mass is 31.0. The Labute approximate surface area is 486 Å². The third-order valence-corrected chi connectivity index (χ3v) is 13.3. The highest BCUT2D eigenvalue weighted by Crippen LogP contribution is 2.28. The van der Waals surface area contributed by atoms with Crippen molar-refractivity contribution >= 4 is 73.6 Å². The molecule has 2 aliphatic rings. The van der Waals surface area contributed by atoms with E-state index in [1.807, 2.05) is 32.8 Å². The number of benzene rings is 1. The van der Waals surface area contributed by atoms with Crippen LogP contribution in [0, 0.1) is 23.7 Å². The molecule has 2 fully saturated rings. The summed E-state index contributed by atoms with van der Waals surface area (Å²) >= 11 is 0. The minimum absolute atomic E-state index is 0.0421. The molecule has 0 bridgehead atoms. The molecular weight excluding hydrogens is 1050 g/mol. The fourth-order valence-electron chi connectivity index (χ4n) is 8.53. The Morgan fingerprint density at radius 2 is 1.14 bits per heavy atom. The van der Waals surface area contributed by atoms with Gasteiger partial charge in [0, 0.05) is 38.2 Å². The van der Waals surface area contributed by atoms with Gasteiger partial charge in [0.2, 0.25) is 53.2 Å². The summed E-state index contributed by atoms with van der Waals surface area (Å²) in [5, 5.41) is 24.8. The van der Waals surface area contributed by atoms with Gasteiger partial charge in [0.1, 0.15) is 34.7 Å². The van der Waals surface area contributed by atoms with Crippen LogP contribution in [0.1, 0.15) is 178 Å². The van der Waals surface area contributed by atoms with E-state index in [9.17, 15) is 47.9 Å². The summed E-state index contributed by atoms with van der Waals surface area (Å²) in [5.41, 5.74) is -4.09. The number of hydrogen-bond donors (Lipinski definition) is 9. The number of hydrogen-bond acceptors (Lipinski definition) is 11. The van der Waals surface area contributed by atoms with Crippen LogP contribution >= 0.6 is 9.24 Å². The normalized spacial score (nSPS) is 15.4. The Kier molecular flexibility index (Phi) is 32.6. The summed E-state index contributed by atoms with van der Waals surface area (Å²) in [5.74, 6) is -3.64. The average molecular weight is 1160 g/mol. The van der Waals surface area contributed by atoms with Crippen molar-refractivity contribution in [3.8, 4) is 0 Å². The standard InChI is InChI=1S/C51H84N11O10P.2C4H10/c1-32(2)29-37(43(67)59-51(7,8)48(72)60-50(5,6)46(70)53-25-24-39(63)52-26-28-61(9)10)56-40(64)30-55-47(71)49(3,4)58-41(65)31-54-42(66)36(23-18-33-15-12-11-13-16-33)57-44(68)38-17-14-27-62(38)45(69)34-19-21-35(73)22-20-34;2*1-4(2)3/h19-22,32-33,36-38H,11-18,23-31,73H2,1-10H3,(H,52,63)(H,53,70)(H,54,66)(H,55,71)(H,56,64)(H,57,68)(H,58,65)(H,59,67)(H,60,72);2*4H,1-3H3. The molecule has 1 aromatic carbocycles. The molecule has 1 aliphatic heterocycles. The number of carbonyl (C=O) groups is 10. The predicted molar refractivity (Wildman–Crippen MR) is 322 cm³/mol. The van der Waals surface area contributed by atoms with Gasteiger partial charge >= 0.3 is 0 Å². The van der Waals surface area contributed by atoms with E-state index < -0.39 is 95.1 Å². The lowest BCUT2D eigenvalue weighted by molar-refractivity contribution is -0.138. The Bertz CT molecular complexity index is 2200. The van der Waals surface area contributed by atoms with Crippen LogP contribution in [-0.2, 0) is 43.2 Å². The van der Waals surface area contributed by atoms with Crippen molar-refractivity contribution in [2.45, 2.75) is 202 Å². The zero-order valence-electron chi connectivity index (χ0n) is 51.9. The minimum Gasteiger partial charge on any atom is -0.355 e. The van der Waals surface area contributed by atoms with Gasteiger partial charge in [-0.1, -0.05) is 99.6 Å². The molecule has 4 atom stereocenters. The predicted octanol–water partition coefficient (Wildman–Crippen LogP) is 3.59. The Morgan fingerprint density at radius 1 is 0.593 bits per heavy atom. The molecule has 3 rings (SSSR count). The van der Waals surface area contributed by atoms with Gasteiger partial charge in [-0.15, -0.1) is 9.24 Å². The quantitative estimate of drug-likeness (QED) is 0.0574. The largest absolute Gasteiger partial charge is 0.355 e. The first-order chi connectivity index (χ1) is 37.6. The number of likely N-dealkylation sites (N-methyl/N-ethyl adjacent to an activating group) is 1. The van der Waals surface area contributed by atoms with Crippen molar-refractivity contribution in [1.82, 2.24) is 57.7 Å². The van der Waals surface area contributed by atoms with Crippen molar-refractivity contribution in [3.05, 3.63) is 29.8 Å². The molecule has 0 radical (unpaired) electrons. The van der Waals surface area contributed by atoms with E-state index in [4.69, 9.17) is 0 Å². The molecule has 1 saturated heterocycles. The highest BCUT2D eigenvalue weighted by Gasteiger charge is 2.40. The van der Waals surface area contributed by atoms with Crippen LogP contribution in [0.15, 0.2) is 24.3 Å². The molecule has 10 amide bonds. The van der Waals surface area contributed by atoms with E-state index in [1.54, 1.807) is 24.3 Å². The van der Waals surface area contributed by atoms with Crippen LogP contribution in [-0.4, -0.2) is 157 Å². The molecule has 1 heterocycles. The summed E-state index contributed by atoms with van der Waals surface area (Å²) in [6.07, 6.45) is 7.73. The number of rotatable bonds is 27. The Morgan fingerprint density at radius 3 is 1.70 bits per heavy atom. The minimum atomic E-state index is -1.57. The molecule has 1 aromatic rings. The Hall–Kier alpha value is -5.69. The lowest BCUT2D eigenvalue weighted by atomic mass is 9.85. The summed E-state index contributed by atoms with van der Waals surface area (Å²) in [4.78, 5) is 136. The van der Waals surface area contributed by atoms with E-state index in [0.29, 0.717) is 56.8 Å². The first kappa shape index (κ1) is 73.3. The van der Waals surface area contributed by atoms with E-state index >= 15 is 0 Å². The maximum absolute atomic E-state index is 13.8. The summed E-state index contributed by atoms with van der Waals surface area (Å²) in [6, 6.07) is 4.16. The molecule has 460 valence electrons. The number of amides is 10. The molecule has 1 aliphatic carbocycles. The first-order valence-corrected chi connectivity index (χ1v) is 29.6. The highest BCUT2D eigenvalue weighted by molar-refractivity contribution is 7.27. The molecule has 9 N–H and O–H groups in total. The molecule has 22 heteroatoms. The fraction of sp³-hybridized carbons (Fsp3) is 0.729. The first-order valence-electron chi connectivity index (χ1n) is 29.1. The van der Waals surface area contributed by atoms with Gasteiger partial charge < -0.3 is 57.7 Å². The van der Waals surface area contributed by atoms with Crippen LogP contribution in [0.25, 0.3) is 0 Å². The Balaban J connectivity index is 0.00000383. The third-order valence-electron chi connectivity index (χ3n) is 12.9. The maximum atomic E-state index is 13.8. The molecule has 0 spiro atoms. The second kappa shape index (κ2) is 36.0. The second-order valence-electron chi connectivity index (χ2n) is 25.1. The lowest BCUT2D eigenvalue weighted by Gasteiger charge is -2.33. The molecule has 81 heavy (non-hydrogen) atoms. The van der Waals surface area contributed by atoms with Crippen molar-refractivity contribution in [2.75, 3.05) is 53.4 Å². The second-order valence-corrected chi connectivity index (χ2v) is 25.7. The zero-order chi connectivity index (χ0) is 61.8. The van der Waals surface area contributed by atoms with Crippen LogP contribution < -0.4 is 53.2 Å². The van der Waals surface area contributed by atoms with Gasteiger partial charge in [-0.05, 0) is 129 Å². The summed E-state index contributed by atoms with van der Waals surface area (Å²) in [7, 11) is 6.34. The van der Waals surface area contributed by atoms with E-state index in [0.717, 1.165) is 49.2 Å². The molecule has 21 nitrogen and oxygen atoms in total. The van der Waals surface area contributed by atoms with Gasteiger partial charge in [0.15, 0.2) is 0 Å². The SMILES string of the molecule is CC(C)C.CC(C)C.CC(C)CC(NC(=O)CNC(=O)C(C)(C)NC(=O)CNC(=O)C(CCC1CCCCC1)NC(=O)C1CCCN1C(=O)c1ccc(P)cc1)C(=O)NC(C)(C)C(=O)NC(C)(C)C(=O)NCCC(=O)NCCN(C)C. The maximum Gasteiger partial charge on any atom is 0.254 e. The van der Waals surface area contributed by atoms with Crippen LogP contribution in [0.4, 0.5) is 0 Å². The number of nitrogens with one attached hydrogen (secondary N) is 9. The van der Waals surface area contributed by atoms with E-state index in [-0.39, 0.29) is 37.1 Å². The van der Waals surface area contributed by atoms with Crippen molar-refractivity contribution in [1.29, 1.82) is 0 Å². The molecule has 0 aromatic heterocycles. The monoisotopic (exact) mass is 1160 g/mol. The third kappa shape index (κ3) is 29.7. The number of nitrogens with zero attached hydrogens (tertiary/aromatic N) is 2. The molecular formula is C59H104N11O10P. The van der Waals surface area contributed by atoms with Gasteiger partial charge in [-0.25, -0.2) is 0 Å². The average Bonchev–Trinajstić information content (AvgIpc) is 3.87. The lowest BCUT2D eigenvalue weighted by Crippen LogP contribution is -2.64. The van der Waals surface area contributed by atoms with Crippen LogP contribution in [0.2, 0.25) is 0 Å².